The van der Waals surface area contributed by atoms with E-state index in [9.17, 15) is 8.78 Å². The second kappa shape index (κ2) is 6.53. The minimum absolute atomic E-state index is 0.258. The Bertz CT molecular complexity index is 593. The fourth-order valence-corrected chi connectivity index (χ4v) is 2.55. The van der Waals surface area contributed by atoms with Gasteiger partial charge in [-0.3, -0.25) is 0 Å². The summed E-state index contributed by atoms with van der Waals surface area (Å²) in [5.41, 5.74) is 0.752. The van der Waals surface area contributed by atoms with Crippen molar-refractivity contribution in [2.45, 2.75) is 39.7 Å². The fraction of sp³-hybridized carbons (Fsp3) is 0.533. The van der Waals surface area contributed by atoms with E-state index in [4.69, 9.17) is 11.6 Å². The van der Waals surface area contributed by atoms with Crippen LogP contribution in [0, 0.1) is 17.6 Å². The van der Waals surface area contributed by atoms with E-state index in [1.165, 1.54) is 6.07 Å². The van der Waals surface area contributed by atoms with E-state index in [1.807, 2.05) is 0 Å². The topological polar surface area (TPSA) is 17.8 Å². The molecule has 0 radical (unpaired) electrons. The molecule has 2 rings (SSSR count). The zero-order chi connectivity index (χ0) is 14.7. The summed E-state index contributed by atoms with van der Waals surface area (Å²) in [5.74, 6) is 0.0730. The van der Waals surface area contributed by atoms with Crippen molar-refractivity contribution in [1.29, 1.82) is 0 Å². The lowest BCUT2D eigenvalue weighted by atomic mass is 10.1. The maximum Gasteiger partial charge on any atom is 0.184 e. The normalized spacial score (nSPS) is 11.7. The molecule has 2 nitrogen and oxygen atoms in total. The third-order valence-corrected chi connectivity index (χ3v) is 3.55. The molecule has 0 amide bonds. The van der Waals surface area contributed by atoms with Gasteiger partial charge in [-0.25, -0.2) is 13.8 Å². The minimum atomic E-state index is -0.833. The Labute approximate surface area is 122 Å². The number of aryl methyl sites for hydroxylation is 2. The molecule has 0 unspecified atom stereocenters. The van der Waals surface area contributed by atoms with Crippen molar-refractivity contribution in [2.75, 3.05) is 5.88 Å². The first-order chi connectivity index (χ1) is 9.54. The lowest BCUT2D eigenvalue weighted by Gasteiger charge is -2.10. The number of aromatic nitrogens is 2. The number of fused-ring (bicyclic) bond motifs is 1. The van der Waals surface area contributed by atoms with Gasteiger partial charge in [-0.2, -0.15) is 0 Å². The summed E-state index contributed by atoms with van der Waals surface area (Å²) in [6, 6.07) is 2.64. The standard InChI is InChI=1S/C15H19ClF2N2/c1-10(2)4-3-9-20-13(7-8-16)19-12-6-5-11(17)14(18)15(12)20/h5-6,10H,3-4,7-9H2,1-2H3. The molecule has 110 valence electrons. The number of hydrogen-bond donors (Lipinski definition) is 0. The first kappa shape index (κ1) is 15.2. The monoisotopic (exact) mass is 300 g/mol. The molecule has 0 aliphatic rings. The molecule has 1 heterocycles. The van der Waals surface area contributed by atoms with Gasteiger partial charge in [0.25, 0.3) is 0 Å². The Kier molecular flexibility index (Phi) is 4.97. The molecular formula is C15H19ClF2N2. The largest absolute Gasteiger partial charge is 0.325 e. The molecule has 5 heteroatoms. The van der Waals surface area contributed by atoms with Crippen molar-refractivity contribution in [3.63, 3.8) is 0 Å². The third kappa shape index (κ3) is 3.11. The van der Waals surface area contributed by atoms with Crippen molar-refractivity contribution in [2.24, 2.45) is 5.92 Å². The van der Waals surface area contributed by atoms with Crippen LogP contribution in [0.15, 0.2) is 12.1 Å². The molecule has 0 aliphatic heterocycles. The molecule has 0 atom stereocenters. The second-order valence-corrected chi connectivity index (χ2v) is 5.76. The zero-order valence-corrected chi connectivity index (χ0v) is 12.6. The summed E-state index contributed by atoms with van der Waals surface area (Å²) in [7, 11) is 0. The van der Waals surface area contributed by atoms with Gasteiger partial charge in [0.1, 0.15) is 11.3 Å². The number of nitrogens with zero attached hydrogens (tertiary/aromatic N) is 2. The van der Waals surface area contributed by atoms with Gasteiger partial charge in [0.2, 0.25) is 0 Å². The molecule has 0 N–H and O–H groups in total. The van der Waals surface area contributed by atoms with Gasteiger partial charge >= 0.3 is 0 Å². The van der Waals surface area contributed by atoms with Gasteiger partial charge in [-0.1, -0.05) is 13.8 Å². The summed E-state index contributed by atoms with van der Waals surface area (Å²) in [6.07, 6.45) is 2.50. The third-order valence-electron chi connectivity index (χ3n) is 3.36. The van der Waals surface area contributed by atoms with E-state index in [0.29, 0.717) is 30.3 Å². The Balaban J connectivity index is 2.41. The highest BCUT2D eigenvalue weighted by molar-refractivity contribution is 6.17. The van der Waals surface area contributed by atoms with Crippen LogP contribution in [0.3, 0.4) is 0 Å². The van der Waals surface area contributed by atoms with Gasteiger partial charge in [0.05, 0.1) is 5.52 Å². The van der Waals surface area contributed by atoms with E-state index < -0.39 is 11.6 Å². The highest BCUT2D eigenvalue weighted by Gasteiger charge is 2.17. The predicted octanol–water partition coefficient (Wildman–Crippen LogP) is 4.53. The van der Waals surface area contributed by atoms with Crippen molar-refractivity contribution in [3.8, 4) is 0 Å². The number of halogens is 3. The molecule has 0 spiro atoms. The smallest absolute Gasteiger partial charge is 0.184 e. The van der Waals surface area contributed by atoms with E-state index in [-0.39, 0.29) is 5.52 Å². The summed E-state index contributed by atoms with van der Waals surface area (Å²) in [4.78, 5) is 4.37. The van der Waals surface area contributed by atoms with Crippen molar-refractivity contribution in [1.82, 2.24) is 9.55 Å². The maximum atomic E-state index is 14.0. The van der Waals surface area contributed by atoms with Crippen LogP contribution in [0.25, 0.3) is 11.0 Å². The highest BCUT2D eigenvalue weighted by Crippen LogP contribution is 2.23. The van der Waals surface area contributed by atoms with E-state index >= 15 is 0 Å². The molecule has 2 aromatic rings. The van der Waals surface area contributed by atoms with Gasteiger partial charge in [-0.15, -0.1) is 11.6 Å². The van der Waals surface area contributed by atoms with E-state index in [1.54, 1.807) is 4.57 Å². The first-order valence-corrected chi connectivity index (χ1v) is 7.47. The Hall–Kier alpha value is -1.16. The molecule has 1 aromatic carbocycles. The van der Waals surface area contributed by atoms with Crippen LogP contribution in [-0.2, 0) is 13.0 Å². The molecule has 0 aliphatic carbocycles. The Morgan fingerprint density at radius 2 is 2.05 bits per heavy atom. The number of hydrogen-bond acceptors (Lipinski definition) is 1. The molecule has 1 aromatic heterocycles. The average molecular weight is 301 g/mol. The number of imidazole rings is 1. The number of rotatable bonds is 6. The van der Waals surface area contributed by atoms with Crippen LogP contribution in [0.5, 0.6) is 0 Å². The van der Waals surface area contributed by atoms with Gasteiger partial charge < -0.3 is 4.57 Å². The van der Waals surface area contributed by atoms with Crippen LogP contribution >= 0.6 is 11.6 Å². The average Bonchev–Trinajstić information content (AvgIpc) is 2.73. The first-order valence-electron chi connectivity index (χ1n) is 6.93. The summed E-state index contributed by atoms with van der Waals surface area (Å²) in [5, 5.41) is 0. The quantitative estimate of drug-likeness (QED) is 0.717. The SMILES string of the molecule is CC(C)CCCn1c(CCCl)nc2ccc(F)c(F)c21. The van der Waals surface area contributed by atoms with Crippen molar-refractivity contribution in [3.05, 3.63) is 29.6 Å². The summed E-state index contributed by atoms with van der Waals surface area (Å²) < 4.78 is 29.2. The molecule has 20 heavy (non-hydrogen) atoms. The van der Waals surface area contributed by atoms with Crippen molar-refractivity contribution >= 4 is 22.6 Å². The lowest BCUT2D eigenvalue weighted by molar-refractivity contribution is 0.493. The highest BCUT2D eigenvalue weighted by atomic mass is 35.5. The van der Waals surface area contributed by atoms with Gasteiger partial charge in [0.15, 0.2) is 11.6 Å². The fourth-order valence-electron chi connectivity index (χ4n) is 2.38. The van der Waals surface area contributed by atoms with Crippen LogP contribution in [0.4, 0.5) is 8.78 Å². The zero-order valence-electron chi connectivity index (χ0n) is 11.8. The van der Waals surface area contributed by atoms with Gasteiger partial charge in [-0.05, 0) is 30.9 Å². The minimum Gasteiger partial charge on any atom is -0.325 e. The maximum absolute atomic E-state index is 14.0. The van der Waals surface area contributed by atoms with Crippen LogP contribution in [-0.4, -0.2) is 15.4 Å². The van der Waals surface area contributed by atoms with E-state index in [0.717, 1.165) is 24.7 Å². The molecule has 0 saturated heterocycles. The van der Waals surface area contributed by atoms with Crippen LogP contribution in [0.2, 0.25) is 0 Å². The molecule has 0 fully saturated rings. The summed E-state index contributed by atoms with van der Waals surface area (Å²) >= 11 is 5.77. The van der Waals surface area contributed by atoms with E-state index in [2.05, 4.69) is 18.8 Å². The molecule has 0 bridgehead atoms. The predicted molar refractivity (Wildman–Crippen MR) is 78.1 cm³/mol. The lowest BCUT2D eigenvalue weighted by Crippen LogP contribution is -2.07. The van der Waals surface area contributed by atoms with Crippen molar-refractivity contribution < 1.29 is 8.78 Å². The molecule has 0 saturated carbocycles. The van der Waals surface area contributed by atoms with Crippen LogP contribution < -0.4 is 0 Å². The Morgan fingerprint density at radius 1 is 1.30 bits per heavy atom. The summed E-state index contributed by atoms with van der Waals surface area (Å²) in [6.45, 7) is 4.93. The number of alkyl halides is 1. The Morgan fingerprint density at radius 3 is 2.70 bits per heavy atom. The second-order valence-electron chi connectivity index (χ2n) is 5.38. The molecular weight excluding hydrogens is 282 g/mol. The van der Waals surface area contributed by atoms with Crippen LogP contribution in [0.1, 0.15) is 32.5 Å². The number of benzene rings is 1. The van der Waals surface area contributed by atoms with Gasteiger partial charge in [0, 0.05) is 18.8 Å².